The lowest BCUT2D eigenvalue weighted by atomic mass is 10.2. The molecule has 0 unspecified atom stereocenters. The van der Waals surface area contributed by atoms with E-state index in [0.717, 1.165) is 5.69 Å². The van der Waals surface area contributed by atoms with Crippen LogP contribution in [0.3, 0.4) is 0 Å². The van der Waals surface area contributed by atoms with Gasteiger partial charge in [0.1, 0.15) is 11.6 Å². The van der Waals surface area contributed by atoms with E-state index in [2.05, 4.69) is 10.3 Å². The molecule has 2 aromatic rings. The number of aromatic nitrogens is 2. The summed E-state index contributed by atoms with van der Waals surface area (Å²) in [6.45, 7) is 0.867. The van der Waals surface area contributed by atoms with Gasteiger partial charge in [-0.15, -0.1) is 0 Å². The summed E-state index contributed by atoms with van der Waals surface area (Å²) in [6, 6.07) is 4.53. The largest absolute Gasteiger partial charge is 0.333 e. The summed E-state index contributed by atoms with van der Waals surface area (Å²) in [5.41, 5.74) is 0.963. The van der Waals surface area contributed by atoms with E-state index in [-0.39, 0.29) is 12.1 Å². The number of nitrogens with zero attached hydrogens (tertiary/aromatic N) is 2. The molecule has 1 fully saturated rings. The van der Waals surface area contributed by atoms with Crippen LogP contribution in [0.15, 0.2) is 30.7 Å². The average Bonchev–Trinajstić information content (AvgIpc) is 3.11. The fraction of sp³-hybridized carbons (Fsp3) is 0.357. The predicted molar refractivity (Wildman–Crippen MR) is 67.5 cm³/mol. The highest BCUT2D eigenvalue weighted by atomic mass is 19.1. The Hall–Kier alpha value is -1.75. The molecule has 1 N–H and O–H groups in total. The number of rotatable bonds is 5. The lowest BCUT2D eigenvalue weighted by Crippen LogP contribution is -2.15. The Morgan fingerprint density at radius 3 is 2.68 bits per heavy atom. The third-order valence-corrected chi connectivity index (χ3v) is 3.24. The molecule has 5 heteroatoms. The van der Waals surface area contributed by atoms with Gasteiger partial charge < -0.3 is 9.88 Å². The summed E-state index contributed by atoms with van der Waals surface area (Å²) in [7, 11) is 0. The van der Waals surface area contributed by atoms with Gasteiger partial charge in [0.05, 0.1) is 18.6 Å². The molecule has 0 atom stereocenters. The molecule has 0 saturated heterocycles. The molecule has 1 saturated carbocycles. The molecular weight excluding hydrogens is 248 g/mol. The molecule has 1 aromatic heterocycles. The van der Waals surface area contributed by atoms with E-state index in [9.17, 15) is 8.78 Å². The maximum Gasteiger partial charge on any atom is 0.131 e. The Labute approximate surface area is 110 Å². The molecule has 1 aliphatic carbocycles. The summed E-state index contributed by atoms with van der Waals surface area (Å²) in [6.07, 6.45) is 5.87. The summed E-state index contributed by atoms with van der Waals surface area (Å²) in [4.78, 5) is 4.23. The van der Waals surface area contributed by atoms with Gasteiger partial charge >= 0.3 is 0 Å². The molecular formula is C14H15F2N3. The number of hydrogen-bond acceptors (Lipinski definition) is 2. The van der Waals surface area contributed by atoms with Crippen LogP contribution in [-0.2, 0) is 13.1 Å². The number of nitrogens with one attached hydrogen (secondary N) is 1. The van der Waals surface area contributed by atoms with Gasteiger partial charge in [0.15, 0.2) is 0 Å². The van der Waals surface area contributed by atoms with Gasteiger partial charge in [-0.3, -0.25) is 0 Å². The van der Waals surface area contributed by atoms with Gasteiger partial charge in [-0.2, -0.15) is 0 Å². The predicted octanol–water partition coefficient (Wildman–Crippen LogP) is 2.46. The summed E-state index contributed by atoms with van der Waals surface area (Å²) in [5.74, 6) is -1.04. The van der Waals surface area contributed by atoms with Crippen molar-refractivity contribution in [1.82, 2.24) is 14.9 Å². The van der Waals surface area contributed by atoms with E-state index in [1.165, 1.54) is 31.0 Å². The number of halogens is 2. The van der Waals surface area contributed by atoms with Crippen molar-refractivity contribution in [3.05, 3.63) is 53.6 Å². The number of benzene rings is 1. The lowest BCUT2D eigenvalue weighted by Gasteiger charge is -2.05. The van der Waals surface area contributed by atoms with Crippen LogP contribution in [0.1, 0.15) is 24.1 Å². The first-order chi connectivity index (χ1) is 9.22. The van der Waals surface area contributed by atoms with Gasteiger partial charge in [0.2, 0.25) is 0 Å². The minimum Gasteiger partial charge on any atom is -0.333 e. The van der Waals surface area contributed by atoms with Gasteiger partial charge in [0, 0.05) is 24.3 Å². The van der Waals surface area contributed by atoms with E-state index in [0.29, 0.717) is 12.6 Å². The molecule has 0 radical (unpaired) electrons. The van der Waals surface area contributed by atoms with E-state index >= 15 is 0 Å². The van der Waals surface area contributed by atoms with Crippen LogP contribution in [0.5, 0.6) is 0 Å². The minimum atomic E-state index is -0.522. The van der Waals surface area contributed by atoms with Crippen molar-refractivity contribution >= 4 is 0 Å². The van der Waals surface area contributed by atoms with Crippen LogP contribution in [0, 0.1) is 11.6 Å². The van der Waals surface area contributed by atoms with Crippen LogP contribution < -0.4 is 5.32 Å². The van der Waals surface area contributed by atoms with Crippen molar-refractivity contribution in [1.29, 1.82) is 0 Å². The maximum atomic E-state index is 13.5. The fourth-order valence-corrected chi connectivity index (χ4v) is 1.99. The van der Waals surface area contributed by atoms with E-state index in [1.54, 1.807) is 10.9 Å². The topological polar surface area (TPSA) is 29.9 Å². The van der Waals surface area contributed by atoms with E-state index in [1.807, 2.05) is 6.20 Å². The Morgan fingerprint density at radius 2 is 2.00 bits per heavy atom. The molecule has 3 rings (SSSR count). The van der Waals surface area contributed by atoms with Crippen molar-refractivity contribution in [2.24, 2.45) is 0 Å². The quantitative estimate of drug-likeness (QED) is 0.898. The molecule has 3 nitrogen and oxygen atoms in total. The van der Waals surface area contributed by atoms with Gasteiger partial charge in [-0.05, 0) is 25.0 Å². The van der Waals surface area contributed by atoms with Gasteiger partial charge in [-0.1, -0.05) is 6.07 Å². The lowest BCUT2D eigenvalue weighted by molar-refractivity contribution is 0.544. The number of imidazole rings is 1. The molecule has 1 heterocycles. The van der Waals surface area contributed by atoms with Crippen LogP contribution in [0.4, 0.5) is 8.78 Å². The van der Waals surface area contributed by atoms with Gasteiger partial charge in [0.25, 0.3) is 0 Å². The SMILES string of the molecule is Fc1cccc(F)c1Cn1cnc(CNC2CC2)c1. The Morgan fingerprint density at radius 1 is 1.26 bits per heavy atom. The van der Waals surface area contributed by atoms with Crippen molar-refractivity contribution in [3.8, 4) is 0 Å². The molecule has 0 amide bonds. The molecule has 0 spiro atoms. The highest BCUT2D eigenvalue weighted by Gasteiger charge is 2.20. The maximum absolute atomic E-state index is 13.5. The Bertz CT molecular complexity index is 556. The second-order valence-electron chi connectivity index (χ2n) is 4.89. The molecule has 100 valence electrons. The van der Waals surface area contributed by atoms with Crippen molar-refractivity contribution < 1.29 is 8.78 Å². The monoisotopic (exact) mass is 263 g/mol. The molecule has 0 aliphatic heterocycles. The van der Waals surface area contributed by atoms with E-state index in [4.69, 9.17) is 0 Å². The zero-order valence-corrected chi connectivity index (χ0v) is 10.4. The van der Waals surface area contributed by atoms with Crippen molar-refractivity contribution in [3.63, 3.8) is 0 Å². The highest BCUT2D eigenvalue weighted by Crippen LogP contribution is 2.19. The van der Waals surface area contributed by atoms with Gasteiger partial charge in [-0.25, -0.2) is 13.8 Å². The fourth-order valence-electron chi connectivity index (χ4n) is 1.99. The second-order valence-corrected chi connectivity index (χ2v) is 4.89. The first kappa shape index (κ1) is 12.3. The molecule has 1 aromatic carbocycles. The summed E-state index contributed by atoms with van der Waals surface area (Å²) in [5, 5.41) is 3.35. The first-order valence-corrected chi connectivity index (χ1v) is 6.39. The van der Waals surface area contributed by atoms with Crippen molar-refractivity contribution in [2.75, 3.05) is 0 Å². The van der Waals surface area contributed by atoms with Crippen LogP contribution in [0.25, 0.3) is 0 Å². The zero-order chi connectivity index (χ0) is 13.2. The highest BCUT2D eigenvalue weighted by molar-refractivity contribution is 5.20. The second kappa shape index (κ2) is 5.09. The van der Waals surface area contributed by atoms with Crippen LogP contribution >= 0.6 is 0 Å². The Balaban J connectivity index is 1.68. The van der Waals surface area contributed by atoms with Crippen LogP contribution in [-0.4, -0.2) is 15.6 Å². The normalized spacial score (nSPS) is 14.8. The molecule has 1 aliphatic rings. The minimum absolute atomic E-state index is 0.0709. The molecule has 0 bridgehead atoms. The standard InChI is InChI=1S/C14H15F2N3/c15-13-2-1-3-14(16)12(13)8-19-7-11(18-9-19)6-17-10-4-5-10/h1-3,7,9-10,17H,4-6,8H2. The third-order valence-electron chi connectivity index (χ3n) is 3.24. The third kappa shape index (κ3) is 2.98. The molecule has 19 heavy (non-hydrogen) atoms. The Kier molecular flexibility index (Phi) is 3.29. The van der Waals surface area contributed by atoms with E-state index < -0.39 is 11.6 Å². The summed E-state index contributed by atoms with van der Waals surface area (Å²) >= 11 is 0. The summed E-state index contributed by atoms with van der Waals surface area (Å²) < 4.78 is 28.7. The van der Waals surface area contributed by atoms with Crippen LogP contribution in [0.2, 0.25) is 0 Å². The first-order valence-electron chi connectivity index (χ1n) is 6.39. The average molecular weight is 263 g/mol. The van der Waals surface area contributed by atoms with Crippen molar-refractivity contribution in [2.45, 2.75) is 32.0 Å². The number of hydrogen-bond donors (Lipinski definition) is 1. The zero-order valence-electron chi connectivity index (χ0n) is 10.4. The smallest absolute Gasteiger partial charge is 0.131 e.